The van der Waals surface area contributed by atoms with Crippen molar-refractivity contribution in [3.63, 3.8) is 0 Å². The molecule has 20 heavy (non-hydrogen) atoms. The second kappa shape index (κ2) is 5.83. The van der Waals surface area contributed by atoms with Crippen molar-refractivity contribution in [2.75, 3.05) is 12.4 Å². The molecule has 5 nitrogen and oxygen atoms in total. The maximum absolute atomic E-state index is 12.0. The number of amides is 1. The summed E-state index contributed by atoms with van der Waals surface area (Å²) in [5.74, 6) is -0.682. The predicted octanol–water partition coefficient (Wildman–Crippen LogP) is 2.80. The van der Waals surface area contributed by atoms with E-state index in [0.29, 0.717) is 16.3 Å². The summed E-state index contributed by atoms with van der Waals surface area (Å²) < 4.78 is 4.60. The van der Waals surface area contributed by atoms with E-state index in [0.717, 1.165) is 10.6 Å². The van der Waals surface area contributed by atoms with Crippen LogP contribution in [0.2, 0.25) is 0 Å². The Kier molecular flexibility index (Phi) is 4.14. The highest BCUT2D eigenvalue weighted by molar-refractivity contribution is 7.15. The molecular formula is C14H14N2O3S. The smallest absolute Gasteiger partial charge is 0.337 e. The van der Waals surface area contributed by atoms with Crippen LogP contribution in [0.15, 0.2) is 24.3 Å². The summed E-state index contributed by atoms with van der Waals surface area (Å²) in [6.07, 6.45) is 0. The van der Waals surface area contributed by atoms with Crippen LogP contribution in [0.1, 0.15) is 31.3 Å². The molecule has 0 fully saturated rings. The van der Waals surface area contributed by atoms with Crippen LogP contribution in [0.3, 0.4) is 0 Å². The van der Waals surface area contributed by atoms with Gasteiger partial charge >= 0.3 is 5.97 Å². The van der Waals surface area contributed by atoms with Crippen LogP contribution in [0.5, 0.6) is 0 Å². The highest BCUT2D eigenvalue weighted by Crippen LogP contribution is 2.21. The number of nitrogens with one attached hydrogen (secondary N) is 1. The van der Waals surface area contributed by atoms with Crippen molar-refractivity contribution in [3.8, 4) is 0 Å². The van der Waals surface area contributed by atoms with Gasteiger partial charge < -0.3 is 4.74 Å². The van der Waals surface area contributed by atoms with Crippen LogP contribution < -0.4 is 5.32 Å². The number of hydrogen-bond donors (Lipinski definition) is 1. The van der Waals surface area contributed by atoms with Gasteiger partial charge in [-0.2, -0.15) is 0 Å². The van der Waals surface area contributed by atoms with E-state index in [2.05, 4.69) is 15.0 Å². The fraction of sp³-hybridized carbons (Fsp3) is 0.214. The minimum atomic E-state index is -0.428. The second-order valence-corrected chi connectivity index (χ2v) is 5.39. The monoisotopic (exact) mass is 290 g/mol. The van der Waals surface area contributed by atoms with Gasteiger partial charge in [0.05, 0.1) is 18.4 Å². The molecule has 0 unspecified atom stereocenters. The molecule has 2 aromatic rings. The molecule has 1 amide bonds. The lowest BCUT2D eigenvalue weighted by Crippen LogP contribution is -2.12. The number of aromatic nitrogens is 1. The lowest BCUT2D eigenvalue weighted by molar-refractivity contribution is 0.0600. The minimum Gasteiger partial charge on any atom is -0.465 e. The number of anilines is 1. The summed E-state index contributed by atoms with van der Waals surface area (Å²) in [6, 6.07) is 6.27. The highest BCUT2D eigenvalue weighted by Gasteiger charge is 2.11. The fourth-order valence-corrected chi connectivity index (χ4v) is 2.38. The Hall–Kier alpha value is -2.21. The average molecular weight is 290 g/mol. The summed E-state index contributed by atoms with van der Waals surface area (Å²) in [6.45, 7) is 3.85. The number of hydrogen-bond acceptors (Lipinski definition) is 5. The van der Waals surface area contributed by atoms with E-state index in [1.54, 1.807) is 24.3 Å². The van der Waals surface area contributed by atoms with Crippen molar-refractivity contribution in [2.45, 2.75) is 13.8 Å². The van der Waals surface area contributed by atoms with E-state index in [-0.39, 0.29) is 5.91 Å². The second-order valence-electron chi connectivity index (χ2n) is 4.18. The molecule has 1 heterocycles. The number of ether oxygens (including phenoxy) is 1. The SMILES string of the molecule is COC(=O)c1ccc(C(=O)Nc2nc(C)c(C)s2)cc1. The Morgan fingerprint density at radius 1 is 1.15 bits per heavy atom. The van der Waals surface area contributed by atoms with Crippen molar-refractivity contribution in [1.29, 1.82) is 0 Å². The number of aryl methyl sites for hydroxylation is 2. The van der Waals surface area contributed by atoms with Gasteiger partial charge in [-0.3, -0.25) is 10.1 Å². The molecule has 0 aliphatic rings. The number of rotatable bonds is 3. The Morgan fingerprint density at radius 3 is 2.25 bits per heavy atom. The highest BCUT2D eigenvalue weighted by atomic mass is 32.1. The first-order valence-electron chi connectivity index (χ1n) is 5.95. The first-order valence-corrected chi connectivity index (χ1v) is 6.76. The quantitative estimate of drug-likeness (QED) is 0.883. The first-order chi connectivity index (χ1) is 9.51. The molecule has 6 heteroatoms. The molecule has 0 radical (unpaired) electrons. The van der Waals surface area contributed by atoms with Gasteiger partial charge in [0.1, 0.15) is 0 Å². The molecule has 0 spiro atoms. The lowest BCUT2D eigenvalue weighted by Gasteiger charge is -2.03. The third kappa shape index (κ3) is 3.03. The van der Waals surface area contributed by atoms with Crippen molar-refractivity contribution >= 4 is 28.3 Å². The normalized spacial score (nSPS) is 10.2. The van der Waals surface area contributed by atoms with Gasteiger partial charge in [-0.1, -0.05) is 0 Å². The summed E-state index contributed by atoms with van der Waals surface area (Å²) >= 11 is 1.43. The topological polar surface area (TPSA) is 68.3 Å². The van der Waals surface area contributed by atoms with E-state index in [1.165, 1.54) is 18.4 Å². The summed E-state index contributed by atoms with van der Waals surface area (Å²) in [5.41, 5.74) is 1.78. The zero-order valence-corrected chi connectivity index (χ0v) is 12.2. The standard InChI is InChI=1S/C14H14N2O3S/c1-8-9(2)20-14(15-8)16-12(17)10-4-6-11(7-5-10)13(18)19-3/h4-7H,1-3H3,(H,15,16,17). The van der Waals surface area contributed by atoms with Crippen LogP contribution >= 0.6 is 11.3 Å². The number of thiazole rings is 1. The minimum absolute atomic E-state index is 0.254. The van der Waals surface area contributed by atoms with Crippen molar-refractivity contribution < 1.29 is 14.3 Å². The molecule has 0 aliphatic heterocycles. The van der Waals surface area contributed by atoms with Crippen LogP contribution in [-0.2, 0) is 4.74 Å². The van der Waals surface area contributed by atoms with Gasteiger partial charge in [-0.05, 0) is 38.1 Å². The van der Waals surface area contributed by atoms with Gasteiger partial charge in [-0.15, -0.1) is 11.3 Å². The number of esters is 1. The van der Waals surface area contributed by atoms with Crippen molar-refractivity contribution in [2.24, 2.45) is 0 Å². The van der Waals surface area contributed by atoms with Gasteiger partial charge in [0.15, 0.2) is 5.13 Å². The third-order valence-electron chi connectivity index (χ3n) is 2.82. The number of carbonyl (C=O) groups excluding carboxylic acids is 2. The van der Waals surface area contributed by atoms with Gasteiger partial charge in [0.2, 0.25) is 0 Å². The predicted molar refractivity (Wildman–Crippen MR) is 77.3 cm³/mol. The van der Waals surface area contributed by atoms with E-state index in [1.807, 2.05) is 13.8 Å². The third-order valence-corrected chi connectivity index (χ3v) is 3.81. The zero-order chi connectivity index (χ0) is 14.7. The van der Waals surface area contributed by atoms with Crippen molar-refractivity contribution in [3.05, 3.63) is 46.0 Å². The molecule has 1 aromatic carbocycles. The molecule has 1 N–H and O–H groups in total. The summed E-state index contributed by atoms with van der Waals surface area (Å²) in [5, 5.41) is 3.31. The first kappa shape index (κ1) is 14.2. The average Bonchev–Trinajstić information content (AvgIpc) is 2.76. The maximum atomic E-state index is 12.0. The Balaban J connectivity index is 2.11. The molecule has 0 aliphatic carbocycles. The largest absolute Gasteiger partial charge is 0.465 e. The van der Waals surface area contributed by atoms with E-state index < -0.39 is 5.97 Å². The zero-order valence-electron chi connectivity index (χ0n) is 11.4. The lowest BCUT2D eigenvalue weighted by atomic mass is 10.1. The van der Waals surface area contributed by atoms with E-state index in [4.69, 9.17) is 0 Å². The molecule has 1 aromatic heterocycles. The molecule has 0 atom stereocenters. The molecule has 104 valence electrons. The fourth-order valence-electron chi connectivity index (χ4n) is 1.57. The molecular weight excluding hydrogens is 276 g/mol. The molecule has 0 saturated heterocycles. The number of methoxy groups -OCH3 is 1. The molecule has 0 bridgehead atoms. The number of carbonyl (C=O) groups is 2. The molecule has 2 rings (SSSR count). The Morgan fingerprint density at radius 2 is 1.75 bits per heavy atom. The Labute approximate surface area is 120 Å². The van der Waals surface area contributed by atoms with Gasteiger partial charge in [-0.25, -0.2) is 9.78 Å². The van der Waals surface area contributed by atoms with Crippen LogP contribution in [0.4, 0.5) is 5.13 Å². The number of nitrogens with zero attached hydrogens (tertiary/aromatic N) is 1. The Bertz CT molecular complexity index is 627. The van der Waals surface area contributed by atoms with Crippen LogP contribution in [-0.4, -0.2) is 24.0 Å². The van der Waals surface area contributed by atoms with Gasteiger partial charge in [0, 0.05) is 10.4 Å². The van der Waals surface area contributed by atoms with Crippen molar-refractivity contribution in [1.82, 2.24) is 4.98 Å². The molecule has 0 saturated carbocycles. The van der Waals surface area contributed by atoms with E-state index in [9.17, 15) is 9.59 Å². The summed E-state index contributed by atoms with van der Waals surface area (Å²) in [7, 11) is 1.32. The summed E-state index contributed by atoms with van der Waals surface area (Å²) in [4.78, 5) is 28.6. The maximum Gasteiger partial charge on any atom is 0.337 e. The van der Waals surface area contributed by atoms with Crippen LogP contribution in [0, 0.1) is 13.8 Å². The number of benzene rings is 1. The van der Waals surface area contributed by atoms with Gasteiger partial charge in [0.25, 0.3) is 5.91 Å². The van der Waals surface area contributed by atoms with E-state index >= 15 is 0 Å². The van der Waals surface area contributed by atoms with Crippen LogP contribution in [0.25, 0.3) is 0 Å².